The van der Waals surface area contributed by atoms with Crippen LogP contribution < -0.4 is 4.74 Å². The van der Waals surface area contributed by atoms with Crippen LogP contribution in [0.4, 0.5) is 13.2 Å². The number of nitriles is 1. The summed E-state index contributed by atoms with van der Waals surface area (Å²) in [5, 5.41) is 8.47. The van der Waals surface area contributed by atoms with Crippen LogP contribution in [-0.2, 0) is 4.74 Å². The third-order valence-electron chi connectivity index (χ3n) is 1.90. The zero-order valence-electron chi connectivity index (χ0n) is 9.55. The number of carbonyl (C=O) groups excluding carboxylic acids is 1. The minimum atomic E-state index is -4.94. The first-order valence-electron chi connectivity index (χ1n) is 4.95. The Morgan fingerprint density at radius 2 is 2.11 bits per heavy atom. The van der Waals surface area contributed by atoms with Crippen LogP contribution in [0.2, 0.25) is 5.02 Å². The molecule has 19 heavy (non-hydrogen) atoms. The maximum absolute atomic E-state index is 12.1. The normalized spacial score (nSPS) is 10.7. The third kappa shape index (κ3) is 4.03. The topological polar surface area (TPSA) is 59.3 Å². The fraction of sp³-hybridized carbons (Fsp3) is 0.273. The Morgan fingerprint density at radius 1 is 1.47 bits per heavy atom. The van der Waals surface area contributed by atoms with Crippen molar-refractivity contribution in [1.82, 2.24) is 0 Å². The van der Waals surface area contributed by atoms with E-state index in [0.29, 0.717) is 0 Å². The highest BCUT2D eigenvalue weighted by atomic mass is 35.5. The molecular weight excluding hydrogens is 287 g/mol. The molecule has 8 heteroatoms. The molecule has 0 fully saturated rings. The smallest absolute Gasteiger partial charge is 0.462 e. The van der Waals surface area contributed by atoms with Gasteiger partial charge in [-0.05, 0) is 19.1 Å². The van der Waals surface area contributed by atoms with E-state index < -0.39 is 18.1 Å². The van der Waals surface area contributed by atoms with E-state index >= 15 is 0 Å². The van der Waals surface area contributed by atoms with Crippen molar-refractivity contribution in [3.05, 3.63) is 28.3 Å². The Bertz CT molecular complexity index is 537. The first-order chi connectivity index (χ1) is 8.78. The Kier molecular flexibility index (Phi) is 4.62. The molecule has 1 rings (SSSR count). The van der Waals surface area contributed by atoms with Crippen molar-refractivity contribution < 1.29 is 27.4 Å². The van der Waals surface area contributed by atoms with Gasteiger partial charge < -0.3 is 9.47 Å². The molecule has 0 aliphatic carbocycles. The van der Waals surface area contributed by atoms with Crippen LogP contribution in [0.1, 0.15) is 22.8 Å². The van der Waals surface area contributed by atoms with Crippen molar-refractivity contribution in [1.29, 1.82) is 5.26 Å². The molecule has 0 aromatic heterocycles. The van der Waals surface area contributed by atoms with E-state index in [2.05, 4.69) is 9.47 Å². The van der Waals surface area contributed by atoms with E-state index in [-0.39, 0.29) is 22.8 Å². The van der Waals surface area contributed by atoms with Gasteiger partial charge in [-0.1, -0.05) is 11.6 Å². The number of ether oxygens (including phenoxy) is 2. The van der Waals surface area contributed by atoms with Gasteiger partial charge in [-0.15, -0.1) is 13.2 Å². The Morgan fingerprint density at radius 3 is 2.58 bits per heavy atom. The molecule has 0 N–H and O–H groups in total. The summed E-state index contributed by atoms with van der Waals surface area (Å²) in [6, 6.07) is 3.13. The second-order valence-corrected chi connectivity index (χ2v) is 3.59. The van der Waals surface area contributed by atoms with E-state index in [1.165, 1.54) is 6.92 Å². The summed E-state index contributed by atoms with van der Waals surface area (Å²) < 4.78 is 44.6. The van der Waals surface area contributed by atoms with Crippen molar-refractivity contribution in [2.45, 2.75) is 13.3 Å². The average Bonchev–Trinajstić information content (AvgIpc) is 2.29. The van der Waals surface area contributed by atoms with Gasteiger partial charge >= 0.3 is 12.3 Å². The summed E-state index contributed by atoms with van der Waals surface area (Å²) in [6.45, 7) is 1.54. The van der Waals surface area contributed by atoms with Crippen LogP contribution >= 0.6 is 11.6 Å². The van der Waals surface area contributed by atoms with E-state index in [1.807, 2.05) is 0 Å². The molecule has 102 valence electrons. The summed E-state index contributed by atoms with van der Waals surface area (Å²) in [7, 11) is 0. The van der Waals surface area contributed by atoms with Crippen molar-refractivity contribution in [3.8, 4) is 11.8 Å². The highest BCUT2D eigenvalue weighted by molar-refractivity contribution is 6.34. The van der Waals surface area contributed by atoms with Crippen LogP contribution in [0.3, 0.4) is 0 Å². The van der Waals surface area contributed by atoms with Gasteiger partial charge in [0.1, 0.15) is 11.8 Å². The summed E-state index contributed by atoms with van der Waals surface area (Å²) in [5.74, 6) is -1.65. The number of nitrogens with zero attached hydrogens (tertiary/aromatic N) is 1. The third-order valence-corrected chi connectivity index (χ3v) is 2.30. The van der Waals surface area contributed by atoms with Crippen LogP contribution in [0.5, 0.6) is 5.75 Å². The Labute approximate surface area is 111 Å². The van der Waals surface area contributed by atoms with Gasteiger partial charge in [-0.2, -0.15) is 5.26 Å². The summed E-state index contributed by atoms with van der Waals surface area (Å²) >= 11 is 5.72. The molecule has 0 saturated carbocycles. The number of benzene rings is 1. The number of carbonyl (C=O) groups is 1. The molecule has 1 aromatic rings. The van der Waals surface area contributed by atoms with Crippen molar-refractivity contribution >= 4 is 17.6 Å². The number of hydrogen-bond acceptors (Lipinski definition) is 4. The number of alkyl halides is 3. The molecule has 0 unspecified atom stereocenters. The van der Waals surface area contributed by atoms with Crippen LogP contribution in [0.25, 0.3) is 0 Å². The zero-order chi connectivity index (χ0) is 14.6. The molecule has 0 bridgehead atoms. The van der Waals surface area contributed by atoms with Gasteiger partial charge in [0, 0.05) is 0 Å². The standard InChI is InChI=1S/C11H7ClF3NO3/c1-2-18-10(17)8-4-7(19-11(13,14)15)3-6(5-16)9(8)12/h3-4H,2H2,1H3. The SMILES string of the molecule is CCOC(=O)c1cc(OC(F)(F)F)cc(C#N)c1Cl. The maximum atomic E-state index is 12.1. The molecule has 1 aromatic carbocycles. The van der Waals surface area contributed by atoms with Gasteiger partial charge in [-0.3, -0.25) is 0 Å². The lowest BCUT2D eigenvalue weighted by molar-refractivity contribution is -0.274. The lowest BCUT2D eigenvalue weighted by atomic mass is 10.1. The summed E-state index contributed by atoms with van der Waals surface area (Å²) in [5.41, 5.74) is -0.673. The van der Waals surface area contributed by atoms with Crippen molar-refractivity contribution in [2.24, 2.45) is 0 Å². The van der Waals surface area contributed by atoms with Gasteiger partial charge in [-0.25, -0.2) is 4.79 Å². The maximum Gasteiger partial charge on any atom is 0.573 e. The van der Waals surface area contributed by atoms with E-state index in [9.17, 15) is 18.0 Å². The molecule has 0 atom stereocenters. The first kappa shape index (κ1) is 15.1. The quantitative estimate of drug-likeness (QED) is 0.802. The molecule has 0 aliphatic heterocycles. The predicted octanol–water partition coefficient (Wildman–Crippen LogP) is 3.29. The highest BCUT2D eigenvalue weighted by Crippen LogP contribution is 2.30. The minimum absolute atomic E-state index is 0.0153. The predicted molar refractivity (Wildman–Crippen MR) is 58.8 cm³/mol. The Hall–Kier alpha value is -1.94. The minimum Gasteiger partial charge on any atom is -0.462 e. The highest BCUT2D eigenvalue weighted by Gasteiger charge is 2.32. The van der Waals surface area contributed by atoms with Crippen molar-refractivity contribution in [3.63, 3.8) is 0 Å². The first-order valence-corrected chi connectivity index (χ1v) is 5.32. The molecule has 0 radical (unpaired) electrons. The number of esters is 1. The van der Waals surface area contributed by atoms with Crippen LogP contribution in [0, 0.1) is 11.3 Å². The molecular formula is C11H7ClF3NO3. The largest absolute Gasteiger partial charge is 0.573 e. The number of rotatable bonds is 3. The van der Waals surface area contributed by atoms with E-state index in [1.54, 1.807) is 6.07 Å². The molecule has 0 saturated heterocycles. The van der Waals surface area contributed by atoms with Gasteiger partial charge in [0.15, 0.2) is 0 Å². The molecule has 0 heterocycles. The fourth-order valence-corrected chi connectivity index (χ4v) is 1.46. The van der Waals surface area contributed by atoms with Gasteiger partial charge in [0.25, 0.3) is 0 Å². The second-order valence-electron chi connectivity index (χ2n) is 3.21. The Balaban J connectivity index is 3.27. The van der Waals surface area contributed by atoms with Crippen molar-refractivity contribution in [2.75, 3.05) is 6.61 Å². The monoisotopic (exact) mass is 293 g/mol. The molecule has 0 spiro atoms. The molecule has 4 nitrogen and oxygen atoms in total. The summed E-state index contributed by atoms with van der Waals surface area (Å²) in [6.07, 6.45) is -4.94. The van der Waals surface area contributed by atoms with Gasteiger partial charge in [0.05, 0.1) is 22.8 Å². The fourth-order valence-electron chi connectivity index (χ4n) is 1.23. The average molecular weight is 294 g/mol. The van der Waals surface area contributed by atoms with E-state index in [0.717, 1.165) is 12.1 Å². The molecule has 0 amide bonds. The van der Waals surface area contributed by atoms with E-state index in [4.69, 9.17) is 16.9 Å². The second kappa shape index (κ2) is 5.80. The van der Waals surface area contributed by atoms with Crippen LogP contribution in [0.15, 0.2) is 12.1 Å². The van der Waals surface area contributed by atoms with Gasteiger partial charge in [0.2, 0.25) is 0 Å². The lowest BCUT2D eigenvalue weighted by Gasteiger charge is -2.12. The zero-order valence-corrected chi connectivity index (χ0v) is 10.3. The molecule has 0 aliphatic rings. The number of halogens is 4. The lowest BCUT2D eigenvalue weighted by Crippen LogP contribution is -2.18. The van der Waals surface area contributed by atoms with Crippen LogP contribution in [-0.4, -0.2) is 18.9 Å². The number of hydrogen-bond donors (Lipinski definition) is 0. The summed E-state index contributed by atoms with van der Waals surface area (Å²) in [4.78, 5) is 11.5.